The Balaban J connectivity index is 1.65. The Labute approximate surface area is 201 Å². The molecular formula is C22H33ClN6O3S. The van der Waals surface area contributed by atoms with E-state index in [9.17, 15) is 13.2 Å². The van der Waals surface area contributed by atoms with Gasteiger partial charge in [0.25, 0.3) is 15.9 Å². The van der Waals surface area contributed by atoms with Crippen molar-refractivity contribution in [3.8, 4) is 0 Å². The van der Waals surface area contributed by atoms with Crippen LogP contribution >= 0.6 is 11.6 Å². The molecule has 0 bridgehead atoms. The van der Waals surface area contributed by atoms with Crippen molar-refractivity contribution in [2.24, 2.45) is 7.05 Å². The topological polar surface area (TPSA) is 90.8 Å². The molecule has 1 aromatic carbocycles. The lowest BCUT2D eigenvalue weighted by Gasteiger charge is -2.35. The molecule has 0 atom stereocenters. The van der Waals surface area contributed by atoms with Crippen molar-refractivity contribution < 1.29 is 13.2 Å². The van der Waals surface area contributed by atoms with E-state index in [1.807, 2.05) is 24.3 Å². The molecule has 0 unspecified atom stereocenters. The van der Waals surface area contributed by atoms with Gasteiger partial charge in [0, 0.05) is 56.7 Å². The van der Waals surface area contributed by atoms with Crippen LogP contribution < -0.4 is 10.2 Å². The number of hydrogen-bond acceptors (Lipinski definition) is 6. The molecule has 33 heavy (non-hydrogen) atoms. The van der Waals surface area contributed by atoms with Gasteiger partial charge in [-0.25, -0.2) is 8.42 Å². The zero-order valence-electron chi connectivity index (χ0n) is 19.5. The van der Waals surface area contributed by atoms with Crippen LogP contribution in [0, 0.1) is 0 Å². The Bertz CT molecular complexity index is 1050. The number of anilines is 1. The number of rotatable bonds is 10. The third-order valence-electron chi connectivity index (χ3n) is 5.87. The van der Waals surface area contributed by atoms with E-state index in [1.54, 1.807) is 7.05 Å². The Kier molecular flexibility index (Phi) is 8.75. The lowest BCUT2D eigenvalue weighted by atomic mass is 10.2. The number of aromatic nitrogens is 2. The van der Waals surface area contributed by atoms with Gasteiger partial charge in [-0.1, -0.05) is 31.5 Å². The zero-order valence-corrected chi connectivity index (χ0v) is 21.1. The van der Waals surface area contributed by atoms with Crippen molar-refractivity contribution in [3.05, 3.63) is 41.0 Å². The molecule has 1 saturated heterocycles. The minimum Gasteiger partial charge on any atom is -0.369 e. The van der Waals surface area contributed by atoms with Gasteiger partial charge in [-0.05, 0) is 44.3 Å². The minimum atomic E-state index is -3.90. The fourth-order valence-electron chi connectivity index (χ4n) is 3.94. The van der Waals surface area contributed by atoms with Crippen LogP contribution in [0.1, 0.15) is 30.6 Å². The molecule has 0 aliphatic carbocycles. The van der Waals surface area contributed by atoms with E-state index in [-0.39, 0.29) is 10.6 Å². The van der Waals surface area contributed by atoms with Crippen LogP contribution in [0.4, 0.5) is 5.69 Å². The van der Waals surface area contributed by atoms with Crippen molar-refractivity contribution in [2.45, 2.75) is 25.3 Å². The molecule has 1 fully saturated rings. The quantitative estimate of drug-likeness (QED) is 0.506. The van der Waals surface area contributed by atoms with Crippen molar-refractivity contribution in [1.29, 1.82) is 0 Å². The summed E-state index contributed by atoms with van der Waals surface area (Å²) in [7, 11) is -2.28. The van der Waals surface area contributed by atoms with Gasteiger partial charge in [0.15, 0.2) is 0 Å². The molecule has 1 aliphatic rings. The number of amides is 1. The first-order chi connectivity index (χ1) is 15.8. The Hall–Kier alpha value is -2.14. The van der Waals surface area contributed by atoms with Crippen LogP contribution in [0.2, 0.25) is 5.02 Å². The predicted octanol–water partition coefficient (Wildman–Crippen LogP) is 2.05. The fourth-order valence-corrected chi connectivity index (χ4v) is 5.66. The van der Waals surface area contributed by atoms with Crippen LogP contribution in [0.3, 0.4) is 0 Å². The number of sulfonamides is 1. The molecule has 9 nitrogen and oxygen atoms in total. The summed E-state index contributed by atoms with van der Waals surface area (Å²) in [5.74, 6) is -0.418. The van der Waals surface area contributed by atoms with Gasteiger partial charge in [-0.2, -0.15) is 9.40 Å². The van der Waals surface area contributed by atoms with Crippen molar-refractivity contribution >= 4 is 33.2 Å². The number of carbonyl (C=O) groups excluding carboxylic acids is 1. The summed E-state index contributed by atoms with van der Waals surface area (Å²) in [6, 6.07) is 7.51. The highest BCUT2D eigenvalue weighted by atomic mass is 35.5. The first-order valence-corrected chi connectivity index (χ1v) is 13.1. The molecule has 2 aromatic rings. The molecule has 1 aliphatic heterocycles. The Morgan fingerprint density at radius 2 is 1.88 bits per heavy atom. The fraction of sp³-hybridized carbons (Fsp3) is 0.545. The van der Waals surface area contributed by atoms with Gasteiger partial charge in [-0.15, -0.1) is 0 Å². The normalized spacial score (nSPS) is 15.2. The van der Waals surface area contributed by atoms with Crippen molar-refractivity contribution in [1.82, 2.24) is 24.3 Å². The molecule has 3 rings (SSSR count). The van der Waals surface area contributed by atoms with E-state index in [0.717, 1.165) is 31.7 Å². The lowest BCUT2D eigenvalue weighted by Crippen LogP contribution is -2.49. The molecule has 1 N–H and O–H groups in total. The Morgan fingerprint density at radius 1 is 1.18 bits per heavy atom. The third-order valence-corrected chi connectivity index (χ3v) is 7.94. The molecule has 2 heterocycles. The predicted molar refractivity (Wildman–Crippen MR) is 130 cm³/mol. The summed E-state index contributed by atoms with van der Waals surface area (Å²) in [5.41, 5.74) is 1.04. The van der Waals surface area contributed by atoms with Gasteiger partial charge in [0.1, 0.15) is 0 Å². The van der Waals surface area contributed by atoms with Crippen LogP contribution in [0.5, 0.6) is 0 Å². The summed E-state index contributed by atoms with van der Waals surface area (Å²) in [6.45, 7) is 9.13. The van der Waals surface area contributed by atoms with Gasteiger partial charge >= 0.3 is 0 Å². The number of nitrogens with zero attached hydrogens (tertiary/aromatic N) is 5. The highest BCUT2D eigenvalue weighted by molar-refractivity contribution is 7.89. The second kappa shape index (κ2) is 11.3. The molecule has 11 heteroatoms. The average molecular weight is 497 g/mol. The molecule has 182 valence electrons. The van der Waals surface area contributed by atoms with Crippen LogP contribution in [-0.2, 0) is 17.1 Å². The summed E-state index contributed by atoms with van der Waals surface area (Å²) >= 11 is 6.09. The number of aryl methyl sites for hydroxylation is 1. The standard InChI is InChI=1S/C22H33ClN6O3S/c1-4-27(5-2)11-7-10-24-21(30)20-17-26(3)25-22(20)33(31,32)29-14-12-28(13-15-29)19-9-6-8-18(23)16-19/h6,8-9,16-17H,4-5,7,10-15H2,1-3H3,(H,24,30). The second-order valence-electron chi connectivity index (χ2n) is 8.03. The maximum absolute atomic E-state index is 13.3. The van der Waals surface area contributed by atoms with Gasteiger partial charge in [-0.3, -0.25) is 9.48 Å². The van der Waals surface area contributed by atoms with Crippen molar-refractivity contribution in [2.75, 3.05) is 57.3 Å². The smallest absolute Gasteiger partial charge is 0.263 e. The number of piperazine rings is 1. The number of carbonyl (C=O) groups is 1. The highest BCUT2D eigenvalue weighted by Crippen LogP contribution is 2.24. The van der Waals surface area contributed by atoms with Gasteiger partial charge < -0.3 is 15.1 Å². The van der Waals surface area contributed by atoms with E-state index in [1.165, 1.54) is 15.2 Å². The summed E-state index contributed by atoms with van der Waals surface area (Å²) in [5, 5.41) is 7.43. The maximum Gasteiger partial charge on any atom is 0.263 e. The zero-order chi connectivity index (χ0) is 24.0. The van der Waals surface area contributed by atoms with Gasteiger partial charge in [0.05, 0.1) is 5.56 Å². The van der Waals surface area contributed by atoms with E-state index < -0.39 is 15.9 Å². The lowest BCUT2D eigenvalue weighted by molar-refractivity contribution is 0.0948. The largest absolute Gasteiger partial charge is 0.369 e. The average Bonchev–Trinajstić information content (AvgIpc) is 3.22. The van der Waals surface area contributed by atoms with E-state index in [2.05, 4.69) is 34.1 Å². The minimum absolute atomic E-state index is 0.0811. The van der Waals surface area contributed by atoms with Gasteiger partial charge in [0.2, 0.25) is 5.03 Å². The number of hydrogen-bond donors (Lipinski definition) is 1. The summed E-state index contributed by atoms with van der Waals surface area (Å²) < 4.78 is 29.5. The number of benzene rings is 1. The first kappa shape index (κ1) is 25.5. The first-order valence-electron chi connectivity index (χ1n) is 11.3. The molecule has 1 amide bonds. The monoisotopic (exact) mass is 496 g/mol. The SMILES string of the molecule is CCN(CC)CCCNC(=O)c1cn(C)nc1S(=O)(=O)N1CCN(c2cccc(Cl)c2)CC1. The molecule has 0 radical (unpaired) electrons. The highest BCUT2D eigenvalue weighted by Gasteiger charge is 2.34. The maximum atomic E-state index is 13.3. The number of halogens is 1. The Morgan fingerprint density at radius 3 is 2.52 bits per heavy atom. The van der Waals surface area contributed by atoms with E-state index in [0.29, 0.717) is 37.7 Å². The molecule has 1 aromatic heterocycles. The summed E-state index contributed by atoms with van der Waals surface area (Å²) in [6.07, 6.45) is 2.26. The van der Waals surface area contributed by atoms with Crippen LogP contribution in [0.25, 0.3) is 0 Å². The molecule has 0 saturated carbocycles. The summed E-state index contributed by atoms with van der Waals surface area (Å²) in [4.78, 5) is 17.1. The van der Waals surface area contributed by atoms with Crippen LogP contribution in [0.15, 0.2) is 35.5 Å². The molecule has 0 spiro atoms. The van der Waals surface area contributed by atoms with E-state index >= 15 is 0 Å². The molecular weight excluding hydrogens is 464 g/mol. The van der Waals surface area contributed by atoms with E-state index in [4.69, 9.17) is 11.6 Å². The second-order valence-corrected chi connectivity index (χ2v) is 10.3. The third kappa shape index (κ3) is 6.26. The van der Waals surface area contributed by atoms with Crippen molar-refractivity contribution in [3.63, 3.8) is 0 Å². The van der Waals surface area contributed by atoms with Crippen LogP contribution in [-0.4, -0.2) is 85.7 Å². The number of nitrogens with one attached hydrogen (secondary N) is 1.